The molecule has 0 bridgehead atoms. The molecule has 1 aliphatic heterocycles. The molecule has 2 rings (SSSR count). The van der Waals surface area contributed by atoms with Crippen LogP contribution in [0, 0.1) is 5.92 Å². The van der Waals surface area contributed by atoms with E-state index < -0.39 is 0 Å². The second-order valence-corrected chi connectivity index (χ2v) is 6.01. The van der Waals surface area contributed by atoms with Crippen molar-refractivity contribution in [3.05, 3.63) is 33.8 Å². The van der Waals surface area contributed by atoms with Crippen LogP contribution in [-0.2, 0) is 0 Å². The first-order valence-corrected chi connectivity index (χ1v) is 6.95. The molecule has 0 spiro atoms. The van der Waals surface area contributed by atoms with Crippen molar-refractivity contribution in [2.45, 2.75) is 26.3 Å². The van der Waals surface area contributed by atoms with Crippen LogP contribution in [0.2, 0.25) is 10.0 Å². The van der Waals surface area contributed by atoms with Gasteiger partial charge in [0.25, 0.3) is 0 Å². The maximum atomic E-state index is 12.2. The largest absolute Gasteiger partial charge is 0.293 e. The normalized spacial score (nSPS) is 24.4. The number of hydrogen-bond donors (Lipinski definition) is 0. The summed E-state index contributed by atoms with van der Waals surface area (Å²) in [6, 6.07) is 5.48. The van der Waals surface area contributed by atoms with Crippen LogP contribution < -0.4 is 0 Å². The van der Waals surface area contributed by atoms with Crippen LogP contribution in [0.1, 0.15) is 30.6 Å². The summed E-state index contributed by atoms with van der Waals surface area (Å²) in [4.78, 5) is 14.5. The van der Waals surface area contributed by atoms with E-state index in [9.17, 15) is 4.79 Å². The monoisotopic (exact) mass is 285 g/mol. The highest BCUT2D eigenvalue weighted by Gasteiger charge is 2.28. The number of halogens is 2. The topological polar surface area (TPSA) is 20.3 Å². The van der Waals surface area contributed by atoms with Gasteiger partial charge in [-0.25, -0.2) is 0 Å². The second-order valence-electron chi connectivity index (χ2n) is 5.17. The maximum absolute atomic E-state index is 12.2. The lowest BCUT2D eigenvalue weighted by molar-refractivity contribution is 0.0925. The van der Waals surface area contributed by atoms with Gasteiger partial charge >= 0.3 is 0 Å². The Bertz CT molecular complexity index is 461. The van der Waals surface area contributed by atoms with Crippen LogP contribution in [0.3, 0.4) is 0 Å². The number of carbonyl (C=O) groups excluding carboxylic acids is 1. The highest BCUT2D eigenvalue weighted by Crippen LogP contribution is 2.25. The Morgan fingerprint density at radius 1 is 1.39 bits per heavy atom. The van der Waals surface area contributed by atoms with Crippen molar-refractivity contribution in [3.8, 4) is 0 Å². The van der Waals surface area contributed by atoms with Crippen molar-refractivity contribution in [2.24, 2.45) is 5.92 Å². The Hall–Kier alpha value is -0.570. The van der Waals surface area contributed by atoms with E-state index in [2.05, 4.69) is 18.7 Å². The van der Waals surface area contributed by atoms with Gasteiger partial charge in [-0.2, -0.15) is 0 Å². The fourth-order valence-corrected chi connectivity index (χ4v) is 2.98. The average molecular weight is 286 g/mol. The SMILES string of the molecule is CC1CC(C)N(CC(=O)c2cc(Cl)ccc2Cl)C1. The van der Waals surface area contributed by atoms with E-state index in [-0.39, 0.29) is 5.78 Å². The van der Waals surface area contributed by atoms with Gasteiger partial charge in [0.15, 0.2) is 5.78 Å². The minimum atomic E-state index is 0.0449. The summed E-state index contributed by atoms with van der Waals surface area (Å²) in [5.74, 6) is 0.700. The zero-order chi connectivity index (χ0) is 13.3. The van der Waals surface area contributed by atoms with E-state index >= 15 is 0 Å². The van der Waals surface area contributed by atoms with Crippen molar-refractivity contribution in [3.63, 3.8) is 0 Å². The van der Waals surface area contributed by atoms with Crippen LogP contribution in [0.25, 0.3) is 0 Å². The van der Waals surface area contributed by atoms with Gasteiger partial charge in [-0.15, -0.1) is 0 Å². The second kappa shape index (κ2) is 5.60. The minimum absolute atomic E-state index is 0.0449. The fourth-order valence-electron chi connectivity index (χ4n) is 2.59. The number of benzene rings is 1. The van der Waals surface area contributed by atoms with Gasteiger partial charge in [-0.3, -0.25) is 9.69 Å². The molecule has 1 aliphatic rings. The molecule has 2 atom stereocenters. The van der Waals surface area contributed by atoms with Crippen LogP contribution in [-0.4, -0.2) is 29.8 Å². The molecule has 0 saturated carbocycles. The molecule has 98 valence electrons. The molecule has 0 aliphatic carbocycles. The minimum Gasteiger partial charge on any atom is -0.293 e. The summed E-state index contributed by atoms with van der Waals surface area (Å²) in [5.41, 5.74) is 0.524. The van der Waals surface area contributed by atoms with Crippen molar-refractivity contribution in [1.82, 2.24) is 4.90 Å². The van der Waals surface area contributed by atoms with E-state index in [0.29, 0.717) is 34.1 Å². The summed E-state index contributed by atoms with van der Waals surface area (Å²) >= 11 is 11.9. The molecule has 0 amide bonds. The Kier molecular flexibility index (Phi) is 4.31. The smallest absolute Gasteiger partial charge is 0.178 e. The van der Waals surface area contributed by atoms with E-state index in [1.807, 2.05) is 0 Å². The molecule has 1 aromatic rings. The molecule has 2 unspecified atom stereocenters. The standard InChI is InChI=1S/C14H17Cl2NO/c1-9-5-10(2)17(7-9)8-14(18)12-6-11(15)3-4-13(12)16/h3-4,6,9-10H,5,7-8H2,1-2H3. The Labute approximate surface area is 118 Å². The van der Waals surface area contributed by atoms with E-state index in [1.165, 1.54) is 0 Å². The van der Waals surface area contributed by atoms with Gasteiger partial charge in [0.2, 0.25) is 0 Å². The van der Waals surface area contributed by atoms with Crippen LogP contribution in [0.5, 0.6) is 0 Å². The predicted octanol–water partition coefficient (Wildman–Crippen LogP) is 3.91. The summed E-state index contributed by atoms with van der Waals surface area (Å²) < 4.78 is 0. The van der Waals surface area contributed by atoms with E-state index in [1.54, 1.807) is 18.2 Å². The lowest BCUT2D eigenvalue weighted by atomic mass is 10.1. The van der Waals surface area contributed by atoms with Gasteiger partial charge in [0, 0.05) is 23.2 Å². The first kappa shape index (κ1) is 13.9. The van der Waals surface area contributed by atoms with Gasteiger partial charge in [-0.1, -0.05) is 30.1 Å². The summed E-state index contributed by atoms with van der Waals surface area (Å²) in [5, 5.41) is 1.02. The Morgan fingerprint density at radius 2 is 2.11 bits per heavy atom. The van der Waals surface area contributed by atoms with Gasteiger partial charge in [0.1, 0.15) is 0 Å². The summed E-state index contributed by atoms with van der Waals surface area (Å²) in [7, 11) is 0. The molecule has 1 heterocycles. The molecule has 4 heteroatoms. The van der Waals surface area contributed by atoms with E-state index in [0.717, 1.165) is 13.0 Å². The van der Waals surface area contributed by atoms with Crippen LogP contribution >= 0.6 is 23.2 Å². The molecule has 0 aromatic heterocycles. The molecular formula is C14H17Cl2NO. The molecule has 18 heavy (non-hydrogen) atoms. The molecule has 1 saturated heterocycles. The number of ketones is 1. The number of likely N-dealkylation sites (tertiary alicyclic amines) is 1. The Balaban J connectivity index is 2.10. The molecule has 1 aromatic carbocycles. The lowest BCUT2D eigenvalue weighted by Crippen LogP contribution is -2.32. The summed E-state index contributed by atoms with van der Waals surface area (Å²) in [6.45, 7) is 5.78. The van der Waals surface area contributed by atoms with Gasteiger partial charge in [-0.05, 0) is 37.5 Å². The molecule has 2 nitrogen and oxygen atoms in total. The number of nitrogens with zero attached hydrogens (tertiary/aromatic N) is 1. The highest BCUT2D eigenvalue weighted by molar-refractivity contribution is 6.36. The first-order valence-electron chi connectivity index (χ1n) is 6.19. The number of hydrogen-bond acceptors (Lipinski definition) is 2. The van der Waals surface area contributed by atoms with Gasteiger partial charge in [0.05, 0.1) is 11.6 Å². The predicted molar refractivity (Wildman–Crippen MR) is 75.6 cm³/mol. The third kappa shape index (κ3) is 3.05. The van der Waals surface area contributed by atoms with Crippen molar-refractivity contribution < 1.29 is 4.79 Å². The molecule has 0 N–H and O–H groups in total. The third-order valence-electron chi connectivity index (χ3n) is 3.49. The summed E-state index contributed by atoms with van der Waals surface area (Å²) in [6.07, 6.45) is 1.15. The fraction of sp³-hybridized carbons (Fsp3) is 0.500. The molecule has 0 radical (unpaired) electrons. The zero-order valence-corrected chi connectivity index (χ0v) is 12.1. The molecule has 1 fully saturated rings. The number of rotatable bonds is 3. The average Bonchev–Trinajstić information content (AvgIpc) is 2.61. The highest BCUT2D eigenvalue weighted by atomic mass is 35.5. The van der Waals surface area contributed by atoms with Crippen molar-refractivity contribution in [1.29, 1.82) is 0 Å². The first-order chi connectivity index (χ1) is 8.47. The lowest BCUT2D eigenvalue weighted by Gasteiger charge is -2.20. The van der Waals surface area contributed by atoms with Crippen molar-refractivity contribution in [2.75, 3.05) is 13.1 Å². The molecular weight excluding hydrogens is 269 g/mol. The quantitative estimate of drug-likeness (QED) is 0.785. The van der Waals surface area contributed by atoms with Gasteiger partial charge < -0.3 is 0 Å². The van der Waals surface area contributed by atoms with E-state index in [4.69, 9.17) is 23.2 Å². The van der Waals surface area contributed by atoms with Crippen LogP contribution in [0.4, 0.5) is 0 Å². The van der Waals surface area contributed by atoms with Crippen molar-refractivity contribution >= 4 is 29.0 Å². The number of Topliss-reactive ketones (excluding diaryl/α,β-unsaturated/α-hetero) is 1. The maximum Gasteiger partial charge on any atom is 0.178 e. The third-order valence-corrected chi connectivity index (χ3v) is 4.05. The van der Waals surface area contributed by atoms with Crippen LogP contribution in [0.15, 0.2) is 18.2 Å². The Morgan fingerprint density at radius 3 is 2.72 bits per heavy atom. The zero-order valence-electron chi connectivity index (χ0n) is 10.6. The number of carbonyl (C=O) groups is 1.